The second-order valence-corrected chi connectivity index (χ2v) is 7.68. The molecule has 13 heteroatoms. The van der Waals surface area contributed by atoms with E-state index in [0.717, 1.165) is 30.3 Å². The quantitative estimate of drug-likeness (QED) is 0.601. The molecule has 30 heavy (non-hydrogen) atoms. The molecule has 3 N–H and O–H groups in total. The summed E-state index contributed by atoms with van der Waals surface area (Å²) in [5, 5.41) is 13.9. The van der Waals surface area contributed by atoms with Crippen molar-refractivity contribution >= 4 is 21.6 Å². The molecule has 0 fully saturated rings. The van der Waals surface area contributed by atoms with E-state index in [2.05, 4.69) is 15.6 Å². The molecule has 0 radical (unpaired) electrons. The van der Waals surface area contributed by atoms with E-state index in [4.69, 9.17) is 5.14 Å². The van der Waals surface area contributed by atoms with Crippen molar-refractivity contribution in [3.8, 4) is 5.69 Å². The van der Waals surface area contributed by atoms with Gasteiger partial charge in [-0.15, -0.1) is 5.10 Å². The SMILES string of the molecule is Cc1ccc(NC(=O)c2nnn(-c3ccc(F)cc3)c2C(F)(F)F)cc1S(N)(=O)=O. The molecule has 0 aliphatic heterocycles. The summed E-state index contributed by atoms with van der Waals surface area (Å²) in [5.74, 6) is -1.95. The summed E-state index contributed by atoms with van der Waals surface area (Å²) >= 11 is 0. The molecule has 3 rings (SSSR count). The summed E-state index contributed by atoms with van der Waals surface area (Å²) in [7, 11) is -4.12. The Hall–Kier alpha value is -3.32. The minimum absolute atomic E-state index is 0.112. The second-order valence-electron chi connectivity index (χ2n) is 6.15. The average molecular weight is 443 g/mol. The zero-order chi connectivity index (χ0) is 22.3. The summed E-state index contributed by atoms with van der Waals surface area (Å²) in [5.41, 5.74) is -2.52. The summed E-state index contributed by atoms with van der Waals surface area (Å²) < 4.78 is 77.5. The highest BCUT2D eigenvalue weighted by atomic mass is 32.2. The molecule has 1 amide bonds. The first-order chi connectivity index (χ1) is 13.9. The fourth-order valence-corrected chi connectivity index (χ4v) is 3.43. The number of aromatic nitrogens is 3. The lowest BCUT2D eigenvalue weighted by Crippen LogP contribution is -2.21. The largest absolute Gasteiger partial charge is 0.435 e. The van der Waals surface area contributed by atoms with Crippen molar-refractivity contribution in [2.24, 2.45) is 5.14 Å². The normalized spacial score (nSPS) is 12.1. The van der Waals surface area contributed by atoms with Gasteiger partial charge in [0.25, 0.3) is 5.91 Å². The number of hydrogen-bond acceptors (Lipinski definition) is 5. The van der Waals surface area contributed by atoms with Crippen LogP contribution in [-0.4, -0.2) is 29.3 Å². The summed E-state index contributed by atoms with van der Waals surface area (Å²) in [6.45, 7) is 1.46. The predicted octanol–water partition coefficient (Wildman–Crippen LogP) is 2.63. The number of carbonyl (C=O) groups excluding carboxylic acids is 1. The van der Waals surface area contributed by atoms with Crippen LogP contribution in [-0.2, 0) is 16.2 Å². The Bertz CT molecular complexity index is 1220. The minimum Gasteiger partial charge on any atom is -0.320 e. The van der Waals surface area contributed by atoms with E-state index in [9.17, 15) is 30.8 Å². The Morgan fingerprint density at radius 3 is 2.33 bits per heavy atom. The number of hydrogen-bond donors (Lipinski definition) is 2. The number of anilines is 1. The summed E-state index contributed by atoms with van der Waals surface area (Å²) in [6.07, 6.45) is -5.02. The van der Waals surface area contributed by atoms with Crippen LogP contribution in [0.1, 0.15) is 21.7 Å². The van der Waals surface area contributed by atoms with Gasteiger partial charge in [0.05, 0.1) is 10.6 Å². The van der Waals surface area contributed by atoms with Crippen molar-refractivity contribution < 1.29 is 30.8 Å². The Morgan fingerprint density at radius 2 is 1.77 bits per heavy atom. The number of carbonyl (C=O) groups is 1. The lowest BCUT2D eigenvalue weighted by molar-refractivity contribution is -0.143. The van der Waals surface area contributed by atoms with E-state index in [1.165, 1.54) is 19.1 Å². The Labute approximate surface area is 167 Å². The summed E-state index contributed by atoms with van der Waals surface area (Å²) in [6, 6.07) is 7.57. The molecule has 3 aromatic rings. The van der Waals surface area contributed by atoms with Gasteiger partial charge >= 0.3 is 6.18 Å². The average Bonchev–Trinajstić information content (AvgIpc) is 3.08. The zero-order valence-corrected chi connectivity index (χ0v) is 15.9. The van der Waals surface area contributed by atoms with Crippen LogP contribution < -0.4 is 10.5 Å². The van der Waals surface area contributed by atoms with E-state index in [1.54, 1.807) is 0 Å². The standard InChI is InChI=1S/C17H13F4N5O3S/c1-9-2-5-11(8-13(9)30(22,28)29)23-16(27)14-15(17(19,20)21)26(25-24-14)12-6-3-10(18)4-7-12/h2-8H,1H3,(H,23,27)(H2,22,28,29). The number of nitrogens with one attached hydrogen (secondary N) is 1. The monoisotopic (exact) mass is 443 g/mol. The van der Waals surface area contributed by atoms with Gasteiger partial charge in [0.15, 0.2) is 11.4 Å². The summed E-state index contributed by atoms with van der Waals surface area (Å²) in [4.78, 5) is 12.2. The van der Waals surface area contributed by atoms with Gasteiger partial charge in [-0.2, -0.15) is 13.2 Å². The number of halogens is 4. The molecule has 2 aromatic carbocycles. The highest BCUT2D eigenvalue weighted by molar-refractivity contribution is 7.89. The van der Waals surface area contributed by atoms with Crippen LogP contribution in [0.2, 0.25) is 0 Å². The van der Waals surface area contributed by atoms with Gasteiger partial charge < -0.3 is 5.32 Å². The van der Waals surface area contributed by atoms with Crippen molar-refractivity contribution in [1.82, 2.24) is 15.0 Å². The molecule has 0 atom stereocenters. The lowest BCUT2D eigenvalue weighted by Gasteiger charge is -2.12. The van der Waals surface area contributed by atoms with Gasteiger partial charge in [-0.3, -0.25) is 4.79 Å². The van der Waals surface area contributed by atoms with E-state index in [-0.39, 0.29) is 21.8 Å². The maximum atomic E-state index is 13.6. The molecule has 0 saturated carbocycles. The van der Waals surface area contributed by atoms with E-state index >= 15 is 0 Å². The maximum absolute atomic E-state index is 13.6. The van der Waals surface area contributed by atoms with Crippen molar-refractivity contribution in [3.63, 3.8) is 0 Å². The number of nitrogens with zero attached hydrogens (tertiary/aromatic N) is 3. The van der Waals surface area contributed by atoms with Crippen molar-refractivity contribution in [1.29, 1.82) is 0 Å². The number of amides is 1. The third-order valence-electron chi connectivity index (χ3n) is 3.98. The molecule has 0 saturated heterocycles. The van der Waals surface area contributed by atoms with Crippen LogP contribution in [0.25, 0.3) is 5.69 Å². The minimum atomic E-state index is -5.02. The van der Waals surface area contributed by atoms with Crippen LogP contribution in [0.4, 0.5) is 23.2 Å². The zero-order valence-electron chi connectivity index (χ0n) is 15.1. The third kappa shape index (κ3) is 4.31. The number of benzene rings is 2. The van der Waals surface area contributed by atoms with Crippen LogP contribution >= 0.6 is 0 Å². The van der Waals surface area contributed by atoms with Crippen molar-refractivity contribution in [2.45, 2.75) is 18.0 Å². The molecule has 1 heterocycles. The maximum Gasteiger partial charge on any atom is 0.435 e. The fraction of sp³-hybridized carbons (Fsp3) is 0.118. The molecule has 1 aromatic heterocycles. The van der Waals surface area contributed by atoms with Gasteiger partial charge in [-0.05, 0) is 48.9 Å². The number of primary sulfonamides is 1. The molecule has 0 aliphatic carbocycles. The Morgan fingerprint density at radius 1 is 1.13 bits per heavy atom. The van der Waals surface area contributed by atoms with Gasteiger partial charge in [0.1, 0.15) is 5.82 Å². The predicted molar refractivity (Wildman–Crippen MR) is 96.8 cm³/mol. The van der Waals surface area contributed by atoms with E-state index in [0.29, 0.717) is 4.68 Å². The van der Waals surface area contributed by atoms with Crippen LogP contribution in [0.15, 0.2) is 47.4 Å². The first kappa shape index (κ1) is 21.4. The molecular formula is C17H13F4N5O3S. The topological polar surface area (TPSA) is 120 Å². The molecule has 0 bridgehead atoms. The number of sulfonamides is 1. The van der Waals surface area contributed by atoms with Crippen LogP contribution in [0.3, 0.4) is 0 Å². The molecule has 0 unspecified atom stereocenters. The molecule has 158 valence electrons. The highest BCUT2D eigenvalue weighted by Crippen LogP contribution is 2.33. The van der Waals surface area contributed by atoms with Gasteiger partial charge in [-0.1, -0.05) is 11.3 Å². The second kappa shape index (κ2) is 7.50. The fourth-order valence-electron chi connectivity index (χ4n) is 2.63. The number of rotatable bonds is 4. The molecule has 0 aliphatic rings. The van der Waals surface area contributed by atoms with E-state index < -0.39 is 39.3 Å². The molecular weight excluding hydrogens is 430 g/mol. The Balaban J connectivity index is 2.02. The Kier molecular flexibility index (Phi) is 5.34. The van der Waals surface area contributed by atoms with Gasteiger partial charge in [0.2, 0.25) is 10.0 Å². The van der Waals surface area contributed by atoms with Gasteiger partial charge in [-0.25, -0.2) is 22.6 Å². The number of aryl methyl sites for hydroxylation is 1. The lowest BCUT2D eigenvalue weighted by atomic mass is 10.2. The van der Waals surface area contributed by atoms with Crippen LogP contribution in [0, 0.1) is 12.7 Å². The van der Waals surface area contributed by atoms with Crippen molar-refractivity contribution in [3.05, 3.63) is 65.2 Å². The molecule has 8 nitrogen and oxygen atoms in total. The number of alkyl halides is 3. The van der Waals surface area contributed by atoms with Crippen LogP contribution in [0.5, 0.6) is 0 Å². The number of nitrogens with two attached hydrogens (primary N) is 1. The van der Waals surface area contributed by atoms with E-state index in [1.807, 2.05) is 0 Å². The van der Waals surface area contributed by atoms with Crippen molar-refractivity contribution in [2.75, 3.05) is 5.32 Å². The first-order valence-electron chi connectivity index (χ1n) is 8.11. The smallest absolute Gasteiger partial charge is 0.320 e. The third-order valence-corrected chi connectivity index (χ3v) is 5.03. The van der Waals surface area contributed by atoms with Gasteiger partial charge in [0, 0.05) is 5.69 Å². The highest BCUT2D eigenvalue weighted by Gasteiger charge is 2.42. The molecule has 0 spiro atoms. The first-order valence-corrected chi connectivity index (χ1v) is 9.66.